The monoisotopic (exact) mass is 257 g/mol. The van der Waals surface area contributed by atoms with Crippen LogP contribution in [0.3, 0.4) is 0 Å². The van der Waals surface area contributed by atoms with Gasteiger partial charge in [0.1, 0.15) is 6.33 Å². The number of nitrogens with zero attached hydrogens (tertiary/aromatic N) is 5. The number of imidazole rings is 1. The van der Waals surface area contributed by atoms with Crippen molar-refractivity contribution >= 4 is 17.0 Å². The molecule has 0 aromatic carbocycles. The third kappa shape index (κ3) is 1.88. The molecule has 0 amide bonds. The zero-order chi connectivity index (χ0) is 12.8. The Balaban J connectivity index is 1.77. The van der Waals surface area contributed by atoms with Gasteiger partial charge in [0.25, 0.3) is 0 Å². The molecule has 1 aliphatic carbocycles. The van der Waals surface area contributed by atoms with Gasteiger partial charge in [-0.2, -0.15) is 0 Å². The second-order valence-electron chi connectivity index (χ2n) is 5.95. The van der Waals surface area contributed by atoms with Crippen LogP contribution in [0.1, 0.15) is 38.6 Å². The summed E-state index contributed by atoms with van der Waals surface area (Å²) in [7, 11) is 0. The fourth-order valence-electron chi connectivity index (χ4n) is 3.07. The summed E-state index contributed by atoms with van der Waals surface area (Å²) >= 11 is 0. The zero-order valence-corrected chi connectivity index (χ0v) is 11.3. The Bertz CT molecular complexity index is 601. The first kappa shape index (κ1) is 11.2. The molecule has 3 heterocycles. The standard InChI is InChI=1S/C14H19N5/c1-10-3-2-6-18(7-10)13-12-14(16-8-15-13)19(9-17-12)11-4-5-11/h8-11H,2-7H2,1H3. The molecule has 1 atom stereocenters. The average molecular weight is 257 g/mol. The van der Waals surface area contributed by atoms with E-state index in [-0.39, 0.29) is 0 Å². The van der Waals surface area contributed by atoms with Crippen LogP contribution >= 0.6 is 0 Å². The van der Waals surface area contributed by atoms with Crippen molar-refractivity contribution in [1.82, 2.24) is 19.5 Å². The van der Waals surface area contributed by atoms with Crippen LogP contribution in [0.15, 0.2) is 12.7 Å². The van der Waals surface area contributed by atoms with Gasteiger partial charge < -0.3 is 9.47 Å². The molecule has 5 nitrogen and oxygen atoms in total. The number of aromatic nitrogens is 4. The first-order chi connectivity index (χ1) is 9.33. The normalized spacial score (nSPS) is 24.1. The Morgan fingerprint density at radius 1 is 1.16 bits per heavy atom. The van der Waals surface area contributed by atoms with Crippen LogP contribution in [0.5, 0.6) is 0 Å². The minimum Gasteiger partial charge on any atom is -0.354 e. The van der Waals surface area contributed by atoms with E-state index in [1.54, 1.807) is 6.33 Å². The van der Waals surface area contributed by atoms with Crippen molar-refractivity contribution < 1.29 is 0 Å². The van der Waals surface area contributed by atoms with E-state index in [4.69, 9.17) is 0 Å². The van der Waals surface area contributed by atoms with Crippen molar-refractivity contribution in [1.29, 1.82) is 0 Å². The van der Waals surface area contributed by atoms with Gasteiger partial charge in [-0.05, 0) is 31.6 Å². The van der Waals surface area contributed by atoms with Gasteiger partial charge in [-0.25, -0.2) is 15.0 Å². The molecule has 19 heavy (non-hydrogen) atoms. The van der Waals surface area contributed by atoms with Crippen LogP contribution in [0.4, 0.5) is 5.82 Å². The van der Waals surface area contributed by atoms with Crippen LogP contribution in [-0.4, -0.2) is 32.6 Å². The summed E-state index contributed by atoms with van der Waals surface area (Å²) in [6, 6.07) is 0.619. The van der Waals surface area contributed by atoms with Crippen LogP contribution in [0, 0.1) is 5.92 Å². The van der Waals surface area contributed by atoms with Gasteiger partial charge in [0.05, 0.1) is 6.33 Å². The van der Waals surface area contributed by atoms with Crippen molar-refractivity contribution in [3.8, 4) is 0 Å². The quantitative estimate of drug-likeness (QED) is 0.829. The number of piperidine rings is 1. The molecule has 5 heteroatoms. The fraction of sp³-hybridized carbons (Fsp3) is 0.643. The van der Waals surface area contributed by atoms with E-state index >= 15 is 0 Å². The van der Waals surface area contributed by atoms with Gasteiger partial charge in [0.15, 0.2) is 17.0 Å². The van der Waals surface area contributed by atoms with E-state index in [0.717, 1.165) is 36.0 Å². The summed E-state index contributed by atoms with van der Waals surface area (Å²) in [5.41, 5.74) is 1.98. The smallest absolute Gasteiger partial charge is 0.165 e. The van der Waals surface area contributed by atoms with Gasteiger partial charge >= 0.3 is 0 Å². The molecular formula is C14H19N5. The van der Waals surface area contributed by atoms with Crippen LogP contribution in [0.25, 0.3) is 11.2 Å². The van der Waals surface area contributed by atoms with Crippen molar-refractivity contribution in [2.45, 2.75) is 38.6 Å². The maximum atomic E-state index is 4.58. The lowest BCUT2D eigenvalue weighted by molar-refractivity contribution is 0.445. The molecule has 100 valence electrons. The second-order valence-corrected chi connectivity index (χ2v) is 5.95. The molecule has 0 radical (unpaired) electrons. The highest BCUT2D eigenvalue weighted by molar-refractivity contribution is 5.83. The van der Waals surface area contributed by atoms with E-state index in [1.165, 1.54) is 25.7 Å². The molecule has 0 spiro atoms. The van der Waals surface area contributed by atoms with Crippen molar-refractivity contribution in [3.63, 3.8) is 0 Å². The number of hydrogen-bond donors (Lipinski definition) is 0. The minimum absolute atomic E-state index is 0.619. The topological polar surface area (TPSA) is 46.8 Å². The third-order valence-corrected chi connectivity index (χ3v) is 4.24. The Morgan fingerprint density at radius 2 is 2.05 bits per heavy atom. The minimum atomic E-state index is 0.619. The first-order valence-corrected chi connectivity index (χ1v) is 7.25. The molecule has 2 aromatic rings. The highest BCUT2D eigenvalue weighted by Crippen LogP contribution is 2.37. The SMILES string of the molecule is CC1CCCN(c2ncnc3c2ncn3C2CC2)C1. The van der Waals surface area contributed by atoms with E-state index < -0.39 is 0 Å². The molecule has 2 fully saturated rings. The molecule has 0 bridgehead atoms. The van der Waals surface area contributed by atoms with E-state index in [0.29, 0.717) is 6.04 Å². The number of hydrogen-bond acceptors (Lipinski definition) is 4. The van der Waals surface area contributed by atoms with Gasteiger partial charge in [0.2, 0.25) is 0 Å². The molecular weight excluding hydrogens is 238 g/mol. The molecule has 1 aliphatic heterocycles. The lowest BCUT2D eigenvalue weighted by atomic mass is 10.0. The molecule has 1 unspecified atom stereocenters. The average Bonchev–Trinajstić information content (AvgIpc) is 3.18. The van der Waals surface area contributed by atoms with E-state index in [1.807, 2.05) is 6.33 Å². The van der Waals surface area contributed by atoms with Gasteiger partial charge in [-0.3, -0.25) is 0 Å². The summed E-state index contributed by atoms with van der Waals surface area (Å²) in [6.07, 6.45) is 8.71. The van der Waals surface area contributed by atoms with Gasteiger partial charge in [-0.1, -0.05) is 6.92 Å². The molecule has 2 aliphatic rings. The largest absolute Gasteiger partial charge is 0.354 e. The third-order valence-electron chi connectivity index (χ3n) is 4.24. The lowest BCUT2D eigenvalue weighted by Crippen LogP contribution is -2.35. The molecule has 2 aromatic heterocycles. The fourth-order valence-corrected chi connectivity index (χ4v) is 3.07. The van der Waals surface area contributed by atoms with Crippen molar-refractivity contribution in [3.05, 3.63) is 12.7 Å². The maximum absolute atomic E-state index is 4.58. The summed E-state index contributed by atoms with van der Waals surface area (Å²) < 4.78 is 2.22. The lowest BCUT2D eigenvalue weighted by Gasteiger charge is -2.31. The predicted molar refractivity (Wildman–Crippen MR) is 74.2 cm³/mol. The Morgan fingerprint density at radius 3 is 2.84 bits per heavy atom. The van der Waals surface area contributed by atoms with Crippen LogP contribution < -0.4 is 4.90 Å². The number of anilines is 1. The Kier molecular flexibility index (Phi) is 2.47. The summed E-state index contributed by atoms with van der Waals surface area (Å²) in [6.45, 7) is 4.49. The zero-order valence-electron chi connectivity index (χ0n) is 11.3. The van der Waals surface area contributed by atoms with Gasteiger partial charge in [-0.15, -0.1) is 0 Å². The summed E-state index contributed by atoms with van der Waals surface area (Å²) in [4.78, 5) is 15.9. The number of fused-ring (bicyclic) bond motifs is 1. The molecule has 4 rings (SSSR count). The Labute approximate surface area is 112 Å². The second kappa shape index (κ2) is 4.18. The predicted octanol–water partition coefficient (Wildman–Crippen LogP) is 2.40. The highest BCUT2D eigenvalue weighted by Gasteiger charge is 2.27. The first-order valence-electron chi connectivity index (χ1n) is 7.25. The van der Waals surface area contributed by atoms with Crippen LogP contribution in [-0.2, 0) is 0 Å². The number of rotatable bonds is 2. The Hall–Kier alpha value is -1.65. The van der Waals surface area contributed by atoms with Crippen molar-refractivity contribution in [2.75, 3.05) is 18.0 Å². The highest BCUT2D eigenvalue weighted by atomic mass is 15.2. The maximum Gasteiger partial charge on any atom is 0.165 e. The van der Waals surface area contributed by atoms with Crippen molar-refractivity contribution in [2.24, 2.45) is 5.92 Å². The summed E-state index contributed by atoms with van der Waals surface area (Å²) in [5.74, 6) is 1.76. The van der Waals surface area contributed by atoms with Crippen LogP contribution in [0.2, 0.25) is 0 Å². The molecule has 0 N–H and O–H groups in total. The van der Waals surface area contributed by atoms with E-state index in [2.05, 4.69) is 31.3 Å². The molecule has 1 saturated carbocycles. The van der Waals surface area contributed by atoms with E-state index in [9.17, 15) is 0 Å². The molecule has 1 saturated heterocycles. The summed E-state index contributed by atoms with van der Waals surface area (Å²) in [5, 5.41) is 0. The van der Waals surface area contributed by atoms with Gasteiger partial charge in [0, 0.05) is 19.1 Å².